The van der Waals surface area contributed by atoms with Crippen LogP contribution in [0.5, 0.6) is 0 Å². The Morgan fingerprint density at radius 3 is 1.24 bits per heavy atom. The van der Waals surface area contributed by atoms with Gasteiger partial charge in [-0.05, 0) is 24.7 Å². The van der Waals surface area contributed by atoms with Gasteiger partial charge in [0.1, 0.15) is 6.61 Å². The zero-order valence-electron chi connectivity index (χ0n) is 33.9. The standard InChI is InChI=1S/C42H83O8P/c1-5-39(4)33-29-25-21-17-14-15-19-23-27-31-35-42(44)50-40(37-49-51(45,46)47)36-48-41(43)34-30-26-22-18-13-11-9-7-6-8-10-12-16-20-24-28-32-38(2)3/h38-40H,5-37H2,1-4H3,(H2,45,46,47)/t39?,40-/m1/s1. The van der Waals surface area contributed by atoms with E-state index < -0.39 is 32.5 Å². The molecular formula is C42H83O8P. The number of carbonyl (C=O) groups is 2. The molecule has 9 heteroatoms. The van der Waals surface area contributed by atoms with E-state index in [-0.39, 0.29) is 19.4 Å². The molecule has 51 heavy (non-hydrogen) atoms. The van der Waals surface area contributed by atoms with Crippen molar-refractivity contribution in [2.24, 2.45) is 11.8 Å². The molecule has 2 N–H and O–H groups in total. The molecule has 0 aliphatic carbocycles. The fraction of sp³-hybridized carbons (Fsp3) is 0.952. The van der Waals surface area contributed by atoms with Crippen LogP contribution in [-0.4, -0.2) is 41.0 Å². The fourth-order valence-corrected chi connectivity index (χ4v) is 6.84. The van der Waals surface area contributed by atoms with Crippen LogP contribution >= 0.6 is 7.82 Å². The van der Waals surface area contributed by atoms with Gasteiger partial charge in [0.2, 0.25) is 0 Å². The van der Waals surface area contributed by atoms with E-state index >= 15 is 0 Å². The van der Waals surface area contributed by atoms with Gasteiger partial charge in [0.05, 0.1) is 6.61 Å². The van der Waals surface area contributed by atoms with Crippen molar-refractivity contribution in [1.29, 1.82) is 0 Å². The summed E-state index contributed by atoms with van der Waals surface area (Å²) < 4.78 is 26.4. The second-order valence-electron chi connectivity index (χ2n) is 15.8. The molecule has 0 bridgehead atoms. The molecule has 0 amide bonds. The smallest absolute Gasteiger partial charge is 0.462 e. The van der Waals surface area contributed by atoms with Gasteiger partial charge in [-0.3, -0.25) is 14.1 Å². The van der Waals surface area contributed by atoms with Crippen molar-refractivity contribution in [1.82, 2.24) is 0 Å². The maximum Gasteiger partial charge on any atom is 0.469 e. The zero-order valence-corrected chi connectivity index (χ0v) is 34.8. The average molecular weight is 747 g/mol. The normalized spacial score (nSPS) is 13.1. The van der Waals surface area contributed by atoms with Crippen molar-refractivity contribution in [2.75, 3.05) is 13.2 Å². The Labute approximate surface area is 315 Å². The molecule has 1 unspecified atom stereocenters. The molecule has 0 radical (unpaired) electrons. The van der Waals surface area contributed by atoms with Crippen molar-refractivity contribution in [3.63, 3.8) is 0 Å². The van der Waals surface area contributed by atoms with Crippen molar-refractivity contribution in [3.05, 3.63) is 0 Å². The van der Waals surface area contributed by atoms with Gasteiger partial charge in [0.15, 0.2) is 6.10 Å². The van der Waals surface area contributed by atoms with E-state index in [9.17, 15) is 14.2 Å². The molecule has 0 aromatic rings. The number of rotatable bonds is 39. The van der Waals surface area contributed by atoms with E-state index in [0.29, 0.717) is 6.42 Å². The summed E-state index contributed by atoms with van der Waals surface area (Å²) >= 11 is 0. The maximum atomic E-state index is 12.4. The molecule has 0 saturated heterocycles. The molecule has 0 aliphatic heterocycles. The predicted octanol–water partition coefficient (Wildman–Crippen LogP) is 13.0. The highest BCUT2D eigenvalue weighted by molar-refractivity contribution is 7.46. The van der Waals surface area contributed by atoms with Crippen LogP contribution < -0.4 is 0 Å². The maximum absolute atomic E-state index is 12.4. The third kappa shape index (κ3) is 40.1. The van der Waals surface area contributed by atoms with Gasteiger partial charge in [0.25, 0.3) is 0 Å². The summed E-state index contributed by atoms with van der Waals surface area (Å²) in [6.07, 6.45) is 35.4. The monoisotopic (exact) mass is 747 g/mol. The first kappa shape index (κ1) is 50.1. The van der Waals surface area contributed by atoms with Crippen LogP contribution in [0.4, 0.5) is 0 Å². The molecule has 304 valence electrons. The van der Waals surface area contributed by atoms with Gasteiger partial charge in [-0.1, -0.05) is 201 Å². The number of esters is 2. The van der Waals surface area contributed by atoms with Crippen LogP contribution in [-0.2, 0) is 28.2 Å². The minimum atomic E-state index is -4.75. The van der Waals surface area contributed by atoms with Gasteiger partial charge in [-0.15, -0.1) is 0 Å². The Balaban J connectivity index is 3.84. The van der Waals surface area contributed by atoms with Gasteiger partial charge in [0, 0.05) is 12.8 Å². The first-order valence-electron chi connectivity index (χ1n) is 21.6. The molecular weight excluding hydrogens is 663 g/mol. The van der Waals surface area contributed by atoms with Crippen LogP contribution in [0.25, 0.3) is 0 Å². The lowest BCUT2D eigenvalue weighted by atomic mass is 9.99. The van der Waals surface area contributed by atoms with Crippen LogP contribution in [0, 0.1) is 11.8 Å². The Morgan fingerprint density at radius 1 is 0.510 bits per heavy atom. The number of hydrogen-bond donors (Lipinski definition) is 2. The molecule has 0 rings (SSSR count). The molecule has 0 aliphatic rings. The van der Waals surface area contributed by atoms with E-state index in [0.717, 1.165) is 50.4 Å². The molecule has 0 aromatic heterocycles. The van der Waals surface area contributed by atoms with Crippen LogP contribution in [0.3, 0.4) is 0 Å². The summed E-state index contributed by atoms with van der Waals surface area (Å²) in [5.74, 6) is 0.822. The zero-order chi connectivity index (χ0) is 37.8. The third-order valence-electron chi connectivity index (χ3n) is 10.1. The molecule has 0 saturated carbocycles. The summed E-state index contributed by atoms with van der Waals surface area (Å²) in [5, 5.41) is 0. The van der Waals surface area contributed by atoms with Crippen LogP contribution in [0.2, 0.25) is 0 Å². The lowest BCUT2D eigenvalue weighted by Gasteiger charge is -2.18. The highest BCUT2D eigenvalue weighted by Crippen LogP contribution is 2.36. The Bertz CT molecular complexity index is 830. The minimum Gasteiger partial charge on any atom is -0.462 e. The summed E-state index contributed by atoms with van der Waals surface area (Å²) in [6, 6.07) is 0. The van der Waals surface area contributed by atoms with Gasteiger partial charge in [-0.25, -0.2) is 4.57 Å². The van der Waals surface area contributed by atoms with E-state index in [2.05, 4.69) is 32.2 Å². The summed E-state index contributed by atoms with van der Waals surface area (Å²) in [7, 11) is -4.75. The topological polar surface area (TPSA) is 119 Å². The van der Waals surface area contributed by atoms with Crippen molar-refractivity contribution in [2.45, 2.75) is 233 Å². The number of ether oxygens (including phenoxy) is 2. The second kappa shape index (κ2) is 36.0. The minimum absolute atomic E-state index is 0.218. The second-order valence-corrected chi connectivity index (χ2v) is 17.0. The van der Waals surface area contributed by atoms with Gasteiger partial charge in [-0.2, -0.15) is 0 Å². The Morgan fingerprint density at radius 2 is 0.863 bits per heavy atom. The van der Waals surface area contributed by atoms with E-state index in [1.165, 1.54) is 141 Å². The Hall–Kier alpha value is -0.950. The van der Waals surface area contributed by atoms with Gasteiger partial charge < -0.3 is 19.3 Å². The average Bonchev–Trinajstić information content (AvgIpc) is 3.08. The first-order chi connectivity index (χ1) is 24.5. The number of phosphoric acid groups is 1. The fourth-order valence-electron chi connectivity index (χ4n) is 6.48. The molecule has 0 heterocycles. The summed E-state index contributed by atoms with van der Waals surface area (Å²) in [5.41, 5.74) is 0. The molecule has 0 fully saturated rings. The van der Waals surface area contributed by atoms with E-state index in [1.54, 1.807) is 0 Å². The lowest BCUT2D eigenvalue weighted by Crippen LogP contribution is -2.29. The highest BCUT2D eigenvalue weighted by atomic mass is 31.2. The number of unbranched alkanes of at least 4 members (excludes halogenated alkanes) is 24. The number of phosphoric ester groups is 1. The summed E-state index contributed by atoms with van der Waals surface area (Å²) in [4.78, 5) is 42.9. The molecule has 8 nitrogen and oxygen atoms in total. The third-order valence-corrected chi connectivity index (χ3v) is 10.6. The number of hydrogen-bond acceptors (Lipinski definition) is 6. The van der Waals surface area contributed by atoms with Crippen molar-refractivity contribution < 1.29 is 37.9 Å². The molecule has 2 atom stereocenters. The van der Waals surface area contributed by atoms with Gasteiger partial charge >= 0.3 is 19.8 Å². The van der Waals surface area contributed by atoms with Crippen LogP contribution in [0.1, 0.15) is 227 Å². The predicted molar refractivity (Wildman–Crippen MR) is 212 cm³/mol. The van der Waals surface area contributed by atoms with E-state index in [4.69, 9.17) is 19.3 Å². The molecule has 0 aromatic carbocycles. The van der Waals surface area contributed by atoms with Crippen molar-refractivity contribution in [3.8, 4) is 0 Å². The van der Waals surface area contributed by atoms with Crippen molar-refractivity contribution >= 4 is 19.8 Å². The first-order valence-corrected chi connectivity index (χ1v) is 23.1. The summed E-state index contributed by atoms with van der Waals surface area (Å²) in [6.45, 7) is 8.41. The highest BCUT2D eigenvalue weighted by Gasteiger charge is 2.23. The lowest BCUT2D eigenvalue weighted by molar-refractivity contribution is -0.161. The Kier molecular flexibility index (Phi) is 35.4. The largest absolute Gasteiger partial charge is 0.469 e. The van der Waals surface area contributed by atoms with E-state index in [1.807, 2.05) is 0 Å². The quantitative estimate of drug-likeness (QED) is 0.0362. The molecule has 0 spiro atoms. The SMILES string of the molecule is CCC(C)CCCCCCCCCCCCC(=O)O[C@H](COC(=O)CCCCCCCCCCCCCCCCCCC(C)C)COP(=O)(O)O. The van der Waals surface area contributed by atoms with Crippen LogP contribution in [0.15, 0.2) is 0 Å². The number of carbonyl (C=O) groups excluding carboxylic acids is 2.